The van der Waals surface area contributed by atoms with Gasteiger partial charge in [-0.2, -0.15) is 5.26 Å². The van der Waals surface area contributed by atoms with E-state index in [1.807, 2.05) is 13.0 Å². The third-order valence-electron chi connectivity index (χ3n) is 3.98. The summed E-state index contributed by atoms with van der Waals surface area (Å²) in [6.07, 6.45) is 1.61. The zero-order valence-corrected chi connectivity index (χ0v) is 17.0. The number of anilines is 1. The highest BCUT2D eigenvalue weighted by Gasteiger charge is 2.19. The van der Waals surface area contributed by atoms with E-state index in [4.69, 9.17) is 10.00 Å². The average Bonchev–Trinajstić information content (AvgIpc) is 2.74. The Labute approximate surface area is 171 Å². The predicted octanol–water partition coefficient (Wildman–Crippen LogP) is 3.11. The smallest absolute Gasteiger partial charge is 0.258 e. The summed E-state index contributed by atoms with van der Waals surface area (Å²) in [7, 11) is -3.66. The van der Waals surface area contributed by atoms with E-state index in [1.165, 1.54) is 35.2 Å². The zero-order valence-electron chi connectivity index (χ0n) is 16.2. The number of rotatable bonds is 10. The van der Waals surface area contributed by atoms with Crippen LogP contribution in [0.15, 0.2) is 66.1 Å². The maximum absolute atomic E-state index is 13.0. The molecule has 0 fully saturated rings. The molecule has 0 saturated carbocycles. The van der Waals surface area contributed by atoms with Crippen molar-refractivity contribution in [3.63, 3.8) is 0 Å². The summed E-state index contributed by atoms with van der Waals surface area (Å²) < 4.78 is 32.1. The van der Waals surface area contributed by atoms with Gasteiger partial charge in [-0.25, -0.2) is 13.1 Å². The van der Waals surface area contributed by atoms with Crippen LogP contribution in [0.25, 0.3) is 0 Å². The second kappa shape index (κ2) is 10.4. The van der Waals surface area contributed by atoms with E-state index < -0.39 is 10.0 Å². The van der Waals surface area contributed by atoms with Crippen LogP contribution in [0.4, 0.5) is 5.69 Å². The van der Waals surface area contributed by atoms with E-state index in [0.717, 1.165) is 0 Å². The molecule has 2 aromatic carbocycles. The summed E-state index contributed by atoms with van der Waals surface area (Å²) in [6.45, 7) is 6.22. The molecule has 1 amide bonds. The van der Waals surface area contributed by atoms with Crippen LogP contribution in [-0.2, 0) is 10.0 Å². The molecule has 1 N–H and O–H groups in total. The van der Waals surface area contributed by atoms with Crippen LogP contribution in [0.5, 0.6) is 5.75 Å². The summed E-state index contributed by atoms with van der Waals surface area (Å²) in [5, 5.41) is 8.94. The standard InChI is InChI=1S/C21H23N3O4S/c1-3-15-23-29(26,27)20-12-6-17(7-13-20)21(25)24(16-5-14-22)18-8-10-19(11-9-18)28-4-2/h3,6-13,23H,1,4-5,15-16H2,2H3. The highest BCUT2D eigenvalue weighted by molar-refractivity contribution is 7.89. The number of nitriles is 1. The molecule has 0 aromatic heterocycles. The summed E-state index contributed by atoms with van der Waals surface area (Å²) in [4.78, 5) is 14.5. The van der Waals surface area contributed by atoms with E-state index in [-0.39, 0.29) is 30.3 Å². The molecule has 0 aliphatic carbocycles. The molecule has 0 aliphatic heterocycles. The molecule has 0 saturated heterocycles. The maximum Gasteiger partial charge on any atom is 0.258 e. The molecule has 7 nitrogen and oxygen atoms in total. The normalized spacial score (nSPS) is 10.8. The first-order valence-corrected chi connectivity index (χ1v) is 10.5. The monoisotopic (exact) mass is 413 g/mol. The van der Waals surface area contributed by atoms with Gasteiger partial charge in [-0.1, -0.05) is 6.08 Å². The highest BCUT2D eigenvalue weighted by Crippen LogP contribution is 2.22. The first kappa shape index (κ1) is 22.1. The number of amides is 1. The first-order valence-electron chi connectivity index (χ1n) is 9.05. The molecule has 2 rings (SSSR count). The molecule has 0 atom stereocenters. The third-order valence-corrected chi connectivity index (χ3v) is 5.42. The van der Waals surface area contributed by atoms with Gasteiger partial charge in [0.15, 0.2) is 0 Å². The number of carbonyl (C=O) groups excluding carboxylic acids is 1. The second-order valence-corrected chi connectivity index (χ2v) is 7.72. The second-order valence-electron chi connectivity index (χ2n) is 5.96. The Balaban J connectivity index is 2.27. The van der Waals surface area contributed by atoms with Gasteiger partial charge in [-0.05, 0) is 55.5 Å². The van der Waals surface area contributed by atoms with Crippen molar-refractivity contribution in [3.8, 4) is 11.8 Å². The Morgan fingerprint density at radius 3 is 2.41 bits per heavy atom. The summed E-state index contributed by atoms with van der Waals surface area (Å²) in [5.41, 5.74) is 0.942. The van der Waals surface area contributed by atoms with E-state index in [2.05, 4.69) is 11.3 Å². The largest absolute Gasteiger partial charge is 0.494 e. The summed E-state index contributed by atoms with van der Waals surface area (Å²) >= 11 is 0. The minimum Gasteiger partial charge on any atom is -0.494 e. The summed E-state index contributed by atoms with van der Waals surface area (Å²) in [6, 6.07) is 14.7. The van der Waals surface area contributed by atoms with Crippen molar-refractivity contribution in [1.29, 1.82) is 5.26 Å². The van der Waals surface area contributed by atoms with Crippen molar-refractivity contribution in [2.24, 2.45) is 0 Å². The molecule has 0 aliphatic rings. The van der Waals surface area contributed by atoms with Gasteiger partial charge in [0, 0.05) is 24.3 Å². The van der Waals surface area contributed by atoms with Gasteiger partial charge in [0.2, 0.25) is 10.0 Å². The van der Waals surface area contributed by atoms with Gasteiger partial charge in [0.05, 0.1) is 24.0 Å². The van der Waals surface area contributed by atoms with Gasteiger partial charge in [-0.3, -0.25) is 4.79 Å². The lowest BCUT2D eigenvalue weighted by atomic mass is 10.1. The molecular weight excluding hydrogens is 390 g/mol. The lowest BCUT2D eigenvalue weighted by Crippen LogP contribution is -2.32. The number of carbonyl (C=O) groups is 1. The van der Waals surface area contributed by atoms with Crippen LogP contribution in [0.1, 0.15) is 23.7 Å². The van der Waals surface area contributed by atoms with Crippen molar-refractivity contribution in [1.82, 2.24) is 4.72 Å². The molecule has 0 unspecified atom stereocenters. The van der Waals surface area contributed by atoms with Crippen LogP contribution < -0.4 is 14.4 Å². The number of sulfonamides is 1. The average molecular weight is 413 g/mol. The molecule has 152 valence electrons. The number of hydrogen-bond acceptors (Lipinski definition) is 5. The van der Waals surface area contributed by atoms with E-state index in [9.17, 15) is 13.2 Å². The van der Waals surface area contributed by atoms with Gasteiger partial charge in [-0.15, -0.1) is 6.58 Å². The Morgan fingerprint density at radius 1 is 1.21 bits per heavy atom. The van der Waals surface area contributed by atoms with Crippen molar-refractivity contribution >= 4 is 21.6 Å². The third kappa shape index (κ3) is 5.91. The molecular formula is C21H23N3O4S. The van der Waals surface area contributed by atoms with Crippen LogP contribution in [0, 0.1) is 11.3 Å². The maximum atomic E-state index is 13.0. The molecule has 2 aromatic rings. The molecule has 0 spiro atoms. The fourth-order valence-corrected chi connectivity index (χ4v) is 3.58. The fraction of sp³-hybridized carbons (Fsp3) is 0.238. The van der Waals surface area contributed by atoms with Crippen LogP contribution >= 0.6 is 0 Å². The number of nitrogens with zero attached hydrogens (tertiary/aromatic N) is 2. The van der Waals surface area contributed by atoms with Gasteiger partial charge >= 0.3 is 0 Å². The first-order chi connectivity index (χ1) is 13.9. The predicted molar refractivity (Wildman–Crippen MR) is 111 cm³/mol. The Hall–Kier alpha value is -3.15. The highest BCUT2D eigenvalue weighted by atomic mass is 32.2. The molecule has 0 radical (unpaired) electrons. The van der Waals surface area contributed by atoms with E-state index in [0.29, 0.717) is 23.6 Å². The molecule has 0 heterocycles. The van der Waals surface area contributed by atoms with Crippen molar-refractivity contribution < 1.29 is 17.9 Å². The number of ether oxygens (including phenoxy) is 1. The van der Waals surface area contributed by atoms with Gasteiger partial charge in [0.25, 0.3) is 5.91 Å². The van der Waals surface area contributed by atoms with Gasteiger partial charge < -0.3 is 9.64 Å². The van der Waals surface area contributed by atoms with Crippen LogP contribution in [-0.4, -0.2) is 34.0 Å². The lowest BCUT2D eigenvalue weighted by Gasteiger charge is -2.22. The van der Waals surface area contributed by atoms with E-state index in [1.54, 1.807) is 24.3 Å². The van der Waals surface area contributed by atoms with Crippen LogP contribution in [0.2, 0.25) is 0 Å². The number of benzene rings is 2. The topological polar surface area (TPSA) is 99.5 Å². The fourth-order valence-electron chi connectivity index (χ4n) is 2.58. The molecule has 29 heavy (non-hydrogen) atoms. The van der Waals surface area contributed by atoms with Crippen LogP contribution in [0.3, 0.4) is 0 Å². The summed E-state index contributed by atoms with van der Waals surface area (Å²) in [5.74, 6) is 0.359. The minimum atomic E-state index is -3.66. The number of nitrogens with one attached hydrogen (secondary N) is 1. The quantitative estimate of drug-likeness (QED) is 0.603. The Morgan fingerprint density at radius 2 is 1.86 bits per heavy atom. The van der Waals surface area contributed by atoms with Crippen molar-refractivity contribution in [3.05, 3.63) is 66.7 Å². The molecule has 8 heteroatoms. The Bertz CT molecular complexity index is 978. The van der Waals surface area contributed by atoms with E-state index >= 15 is 0 Å². The zero-order chi connectivity index (χ0) is 21.3. The van der Waals surface area contributed by atoms with Crippen molar-refractivity contribution in [2.45, 2.75) is 18.2 Å². The Kier molecular flexibility index (Phi) is 7.95. The SMILES string of the molecule is C=CCNS(=O)(=O)c1ccc(C(=O)N(CCC#N)c2ccc(OCC)cc2)cc1. The number of hydrogen-bond donors (Lipinski definition) is 1. The lowest BCUT2D eigenvalue weighted by molar-refractivity contribution is 0.0987. The van der Waals surface area contributed by atoms with Gasteiger partial charge in [0.1, 0.15) is 5.75 Å². The minimum absolute atomic E-state index is 0.0561. The van der Waals surface area contributed by atoms with Crippen molar-refractivity contribution in [2.75, 3.05) is 24.6 Å². The molecule has 0 bridgehead atoms.